The van der Waals surface area contributed by atoms with E-state index in [2.05, 4.69) is 5.32 Å². The highest BCUT2D eigenvalue weighted by Crippen LogP contribution is 2.21. The lowest BCUT2D eigenvalue weighted by Crippen LogP contribution is -2.52. The molecular weight excluding hydrogens is 409 g/mol. The molecule has 0 fully saturated rings. The van der Waals surface area contributed by atoms with Crippen LogP contribution in [0.15, 0.2) is 35.2 Å². The molecule has 3 amide bonds. The monoisotopic (exact) mass is 439 g/mol. The summed E-state index contributed by atoms with van der Waals surface area (Å²) in [6.07, 6.45) is 1.45. The maximum absolute atomic E-state index is 12.9. The van der Waals surface area contributed by atoms with Crippen LogP contribution in [0, 0.1) is 0 Å². The number of ether oxygens (including phenoxy) is 1. The van der Waals surface area contributed by atoms with Crippen LogP contribution in [0.3, 0.4) is 0 Å². The fourth-order valence-electron chi connectivity index (χ4n) is 2.77. The fraction of sp³-hybridized carbons (Fsp3) is 0.556. The molecule has 0 aliphatic heterocycles. The topological polar surface area (TPSA) is 157 Å². The van der Waals surface area contributed by atoms with E-state index < -0.39 is 27.5 Å². The normalized spacial score (nSPS) is 12.3. The van der Waals surface area contributed by atoms with Gasteiger partial charge in [0, 0.05) is 13.6 Å². The number of sulfone groups is 1. The van der Waals surface area contributed by atoms with Gasteiger partial charge in [0.1, 0.15) is 18.1 Å². The Morgan fingerprint density at radius 3 is 2.37 bits per heavy atom. The van der Waals surface area contributed by atoms with Gasteiger partial charge in [0.2, 0.25) is 7.98 Å². The van der Waals surface area contributed by atoms with Gasteiger partial charge in [-0.1, -0.05) is 37.5 Å². The van der Waals surface area contributed by atoms with Crippen molar-refractivity contribution in [3.8, 4) is 0 Å². The van der Waals surface area contributed by atoms with Gasteiger partial charge in [0.05, 0.1) is 4.90 Å². The number of hydrogen-bond donors (Lipinski definition) is 4. The Labute approximate surface area is 179 Å². The second-order valence-electron chi connectivity index (χ2n) is 6.82. The van der Waals surface area contributed by atoms with E-state index in [4.69, 9.17) is 24.2 Å². The molecule has 0 aliphatic carbocycles. The zero-order valence-electron chi connectivity index (χ0n) is 17.1. The molecule has 0 saturated heterocycles. The number of nitrogens with zero attached hydrogens (tertiary/aromatic N) is 1. The smallest absolute Gasteiger partial charge is 0.394 e. The number of benzene rings is 1. The number of nitrogens with two attached hydrogens (primary N) is 2. The van der Waals surface area contributed by atoms with Crippen LogP contribution in [0.25, 0.3) is 0 Å². The lowest BCUT2D eigenvalue weighted by atomic mass is 10.1. The molecule has 12 heteroatoms. The molecule has 1 rings (SSSR count). The minimum absolute atomic E-state index is 0.178. The molecule has 2 radical (unpaired) electrons. The summed E-state index contributed by atoms with van der Waals surface area (Å²) in [6.45, 7) is 0.229. The van der Waals surface area contributed by atoms with Crippen molar-refractivity contribution in [2.24, 2.45) is 11.5 Å². The third-order valence-corrected chi connectivity index (χ3v) is 6.61. The second-order valence-corrected chi connectivity index (χ2v) is 9.05. The van der Waals surface area contributed by atoms with Crippen molar-refractivity contribution in [3.63, 3.8) is 0 Å². The van der Waals surface area contributed by atoms with Crippen LogP contribution in [-0.2, 0) is 14.6 Å². The third-order valence-electron chi connectivity index (χ3n) is 4.44. The molecule has 0 aromatic heterocycles. The molecule has 6 N–H and O–H groups in total. The first-order valence-electron chi connectivity index (χ1n) is 9.63. The fourth-order valence-corrected chi connectivity index (χ4v) is 4.42. The van der Waals surface area contributed by atoms with E-state index in [1.54, 1.807) is 25.2 Å². The van der Waals surface area contributed by atoms with E-state index in [0.717, 1.165) is 19.3 Å². The number of rotatable bonds is 12. The zero-order valence-corrected chi connectivity index (χ0v) is 17.9. The van der Waals surface area contributed by atoms with Gasteiger partial charge < -0.3 is 20.2 Å². The van der Waals surface area contributed by atoms with Crippen molar-refractivity contribution in [1.29, 1.82) is 0 Å². The Hall–Kier alpha value is -2.31. The average molecular weight is 439 g/mol. The Kier molecular flexibility index (Phi) is 11.2. The van der Waals surface area contributed by atoms with Gasteiger partial charge in [0.15, 0.2) is 9.84 Å². The largest absolute Gasteiger partial charge is 0.449 e. The molecule has 0 saturated carbocycles. The molecule has 30 heavy (non-hydrogen) atoms. The lowest BCUT2D eigenvalue weighted by Gasteiger charge is -2.20. The molecule has 1 aromatic rings. The second kappa shape index (κ2) is 13.1. The Morgan fingerprint density at radius 2 is 1.77 bits per heavy atom. The summed E-state index contributed by atoms with van der Waals surface area (Å²) < 4.78 is 30.7. The average Bonchev–Trinajstić information content (AvgIpc) is 2.71. The molecule has 0 bridgehead atoms. The standard InChI is InChI=1S/C18H30BN5O5S/c1-24(17(25)22-16(20)21)12-8-3-2-5-11-15(13-29-18(26)23-19)30(27,28)14-9-6-4-7-10-14/h4,6-7,9-10,15-16H,2-3,5,8,11-13,20-21H2,1H3,(H,22,25)(H,23,26). The minimum atomic E-state index is -3.66. The van der Waals surface area contributed by atoms with E-state index in [1.807, 2.05) is 5.23 Å². The molecule has 1 atom stereocenters. The van der Waals surface area contributed by atoms with Crippen molar-refractivity contribution in [2.45, 2.75) is 48.5 Å². The number of carbonyl (C=O) groups is 2. The predicted molar refractivity (Wildman–Crippen MR) is 114 cm³/mol. The first-order chi connectivity index (χ1) is 14.2. The van der Waals surface area contributed by atoms with Crippen molar-refractivity contribution < 1.29 is 22.7 Å². The highest BCUT2D eigenvalue weighted by Gasteiger charge is 2.28. The SMILES string of the molecule is [B]NC(=O)OCC(CCCCCCN(C)C(=O)NC(N)N)S(=O)(=O)c1ccccc1. The van der Waals surface area contributed by atoms with Gasteiger partial charge in [-0.15, -0.1) is 0 Å². The van der Waals surface area contributed by atoms with Crippen LogP contribution in [0.1, 0.15) is 32.1 Å². The van der Waals surface area contributed by atoms with Crippen molar-refractivity contribution >= 4 is 29.9 Å². The number of unbranched alkanes of at least 4 members (excludes halogenated alkanes) is 3. The minimum Gasteiger partial charge on any atom is -0.449 e. The first kappa shape index (κ1) is 25.7. The Bertz CT molecular complexity index is 763. The molecule has 0 spiro atoms. The van der Waals surface area contributed by atoms with E-state index in [9.17, 15) is 18.0 Å². The third kappa shape index (κ3) is 9.01. The van der Waals surface area contributed by atoms with E-state index in [-0.39, 0.29) is 17.5 Å². The highest BCUT2D eigenvalue weighted by atomic mass is 32.2. The molecule has 0 aliphatic rings. The van der Waals surface area contributed by atoms with Gasteiger partial charge >= 0.3 is 12.1 Å². The number of carbonyl (C=O) groups excluding carboxylic acids is 2. The molecule has 0 heterocycles. The Balaban J connectivity index is 2.52. The summed E-state index contributed by atoms with van der Waals surface area (Å²) >= 11 is 0. The van der Waals surface area contributed by atoms with Gasteiger partial charge in [-0.3, -0.25) is 11.5 Å². The van der Waals surface area contributed by atoms with Crippen molar-refractivity contribution in [1.82, 2.24) is 15.4 Å². The van der Waals surface area contributed by atoms with Crippen LogP contribution >= 0.6 is 0 Å². The van der Waals surface area contributed by atoms with Crippen LogP contribution in [0.4, 0.5) is 9.59 Å². The van der Waals surface area contributed by atoms with E-state index in [1.165, 1.54) is 17.0 Å². The summed E-state index contributed by atoms with van der Waals surface area (Å²) in [7, 11) is 2.96. The van der Waals surface area contributed by atoms with Gasteiger partial charge in [-0.25, -0.2) is 18.0 Å². The van der Waals surface area contributed by atoms with Crippen LogP contribution < -0.4 is 22.0 Å². The number of urea groups is 1. The van der Waals surface area contributed by atoms with Crippen molar-refractivity contribution in [3.05, 3.63) is 30.3 Å². The Morgan fingerprint density at radius 1 is 1.13 bits per heavy atom. The summed E-state index contributed by atoms with van der Waals surface area (Å²) in [5.41, 5.74) is 10.6. The number of nitrogens with one attached hydrogen (secondary N) is 2. The van der Waals surface area contributed by atoms with Crippen LogP contribution in [0.5, 0.6) is 0 Å². The molecule has 1 unspecified atom stereocenters. The summed E-state index contributed by atoms with van der Waals surface area (Å²) in [6, 6.07) is 7.68. The van der Waals surface area contributed by atoms with E-state index in [0.29, 0.717) is 19.4 Å². The molecular formula is C18H30BN5O5S. The zero-order chi connectivity index (χ0) is 22.6. The quantitative estimate of drug-likeness (QED) is 0.209. The van der Waals surface area contributed by atoms with Crippen molar-refractivity contribution in [2.75, 3.05) is 20.2 Å². The van der Waals surface area contributed by atoms with E-state index >= 15 is 0 Å². The molecule has 1 aromatic carbocycles. The number of hydrogen-bond acceptors (Lipinski definition) is 7. The van der Waals surface area contributed by atoms with Gasteiger partial charge in [-0.05, 0) is 25.0 Å². The van der Waals surface area contributed by atoms with Crippen LogP contribution in [0.2, 0.25) is 0 Å². The summed E-state index contributed by atoms with van der Waals surface area (Å²) in [5.74, 6) is 0. The number of amides is 3. The van der Waals surface area contributed by atoms with Crippen LogP contribution in [-0.4, -0.2) is 65.2 Å². The van der Waals surface area contributed by atoms with Gasteiger partial charge in [-0.2, -0.15) is 0 Å². The molecule has 166 valence electrons. The van der Waals surface area contributed by atoms with Gasteiger partial charge in [0.25, 0.3) is 0 Å². The molecule has 10 nitrogen and oxygen atoms in total. The highest BCUT2D eigenvalue weighted by molar-refractivity contribution is 7.92. The maximum Gasteiger partial charge on any atom is 0.394 e. The summed E-state index contributed by atoms with van der Waals surface area (Å²) in [4.78, 5) is 24.6. The maximum atomic E-state index is 12.9. The predicted octanol–water partition coefficient (Wildman–Crippen LogP) is 0.432. The lowest BCUT2D eigenvalue weighted by molar-refractivity contribution is 0.151. The first-order valence-corrected chi connectivity index (χ1v) is 11.2. The summed E-state index contributed by atoms with van der Waals surface area (Å²) in [5, 5.41) is 3.33.